The summed E-state index contributed by atoms with van der Waals surface area (Å²) in [6, 6.07) is 0. The van der Waals surface area contributed by atoms with Crippen LogP contribution in [0.1, 0.15) is 41.0 Å². The minimum absolute atomic E-state index is 0.446. The normalized spacial score (nSPS) is 49.2. The second-order valence-corrected chi connectivity index (χ2v) is 4.37. The highest BCUT2D eigenvalue weighted by Crippen LogP contribution is 2.35. The van der Waals surface area contributed by atoms with Gasteiger partial charge in [-0.25, -0.2) is 0 Å². The van der Waals surface area contributed by atoms with Gasteiger partial charge in [0.2, 0.25) is 0 Å². The SMILES string of the molecule is CCC1OC(C)C(C)[C@H](C)[C@@H]1C. The molecule has 1 heteroatoms. The maximum atomic E-state index is 5.93. The Morgan fingerprint density at radius 3 is 2.00 bits per heavy atom. The highest BCUT2D eigenvalue weighted by molar-refractivity contribution is 4.83. The molecular weight excluding hydrogens is 148 g/mol. The third-order valence-corrected chi connectivity index (χ3v) is 3.78. The van der Waals surface area contributed by atoms with E-state index >= 15 is 0 Å². The molecule has 1 fully saturated rings. The Balaban J connectivity index is 2.63. The molecule has 0 aromatic rings. The van der Waals surface area contributed by atoms with E-state index in [0.29, 0.717) is 18.1 Å². The lowest BCUT2D eigenvalue weighted by atomic mass is 9.76. The van der Waals surface area contributed by atoms with Gasteiger partial charge in [-0.2, -0.15) is 0 Å². The molecule has 1 heterocycles. The van der Waals surface area contributed by atoms with Crippen molar-refractivity contribution >= 4 is 0 Å². The molecule has 0 amide bonds. The lowest BCUT2D eigenvalue weighted by Crippen LogP contribution is -2.42. The Morgan fingerprint density at radius 1 is 0.917 bits per heavy atom. The standard InChI is InChI=1S/C11H22O/c1-6-11-9(4)7(2)8(3)10(5)12-11/h7-11H,6H2,1-5H3/t7-,8?,9-,10?,11?/m0/s1. The number of hydrogen-bond donors (Lipinski definition) is 0. The summed E-state index contributed by atoms with van der Waals surface area (Å²) in [6.07, 6.45) is 2.09. The van der Waals surface area contributed by atoms with Crippen molar-refractivity contribution in [1.82, 2.24) is 0 Å². The molecule has 1 saturated heterocycles. The first-order valence-electron chi connectivity index (χ1n) is 5.23. The van der Waals surface area contributed by atoms with Gasteiger partial charge in [-0.05, 0) is 31.1 Å². The molecule has 72 valence electrons. The van der Waals surface area contributed by atoms with Crippen molar-refractivity contribution in [3.63, 3.8) is 0 Å². The smallest absolute Gasteiger partial charge is 0.0604 e. The largest absolute Gasteiger partial charge is 0.375 e. The van der Waals surface area contributed by atoms with Crippen molar-refractivity contribution in [2.75, 3.05) is 0 Å². The summed E-state index contributed by atoms with van der Waals surface area (Å²) in [4.78, 5) is 0. The third kappa shape index (κ3) is 1.66. The molecule has 5 atom stereocenters. The fourth-order valence-corrected chi connectivity index (χ4v) is 2.24. The maximum Gasteiger partial charge on any atom is 0.0604 e. The molecule has 1 rings (SSSR count). The Morgan fingerprint density at radius 2 is 1.50 bits per heavy atom. The fraction of sp³-hybridized carbons (Fsp3) is 1.00. The summed E-state index contributed by atoms with van der Waals surface area (Å²) >= 11 is 0. The number of ether oxygens (including phenoxy) is 1. The van der Waals surface area contributed by atoms with E-state index in [9.17, 15) is 0 Å². The molecule has 1 aliphatic heterocycles. The van der Waals surface area contributed by atoms with Crippen molar-refractivity contribution in [1.29, 1.82) is 0 Å². The van der Waals surface area contributed by atoms with Gasteiger partial charge in [0.05, 0.1) is 12.2 Å². The lowest BCUT2D eigenvalue weighted by Gasteiger charge is -2.42. The van der Waals surface area contributed by atoms with Gasteiger partial charge in [0, 0.05) is 0 Å². The average Bonchev–Trinajstić information content (AvgIpc) is 2.08. The molecule has 0 radical (unpaired) electrons. The van der Waals surface area contributed by atoms with Crippen LogP contribution < -0.4 is 0 Å². The summed E-state index contributed by atoms with van der Waals surface area (Å²) in [5.74, 6) is 2.24. The topological polar surface area (TPSA) is 9.23 Å². The van der Waals surface area contributed by atoms with Gasteiger partial charge >= 0.3 is 0 Å². The van der Waals surface area contributed by atoms with Gasteiger partial charge in [-0.3, -0.25) is 0 Å². The first-order chi connectivity index (χ1) is 5.57. The van der Waals surface area contributed by atoms with Gasteiger partial charge < -0.3 is 4.74 Å². The van der Waals surface area contributed by atoms with Crippen LogP contribution in [0, 0.1) is 17.8 Å². The Kier molecular flexibility index (Phi) is 3.16. The summed E-state index contributed by atoms with van der Waals surface area (Å²) in [6.45, 7) is 11.4. The van der Waals surface area contributed by atoms with Gasteiger partial charge in [0.15, 0.2) is 0 Å². The Hall–Kier alpha value is -0.0400. The minimum atomic E-state index is 0.446. The molecular formula is C11H22O. The number of rotatable bonds is 1. The zero-order valence-electron chi connectivity index (χ0n) is 9.00. The zero-order valence-corrected chi connectivity index (χ0v) is 9.00. The highest BCUT2D eigenvalue weighted by Gasteiger charge is 2.35. The molecule has 12 heavy (non-hydrogen) atoms. The third-order valence-electron chi connectivity index (χ3n) is 3.78. The molecule has 0 saturated carbocycles. The van der Waals surface area contributed by atoms with Crippen molar-refractivity contribution in [3.8, 4) is 0 Å². The van der Waals surface area contributed by atoms with E-state index < -0.39 is 0 Å². The molecule has 1 aliphatic rings. The van der Waals surface area contributed by atoms with E-state index in [-0.39, 0.29) is 0 Å². The van der Waals surface area contributed by atoms with Crippen LogP contribution in [-0.2, 0) is 4.74 Å². The van der Waals surface area contributed by atoms with Crippen LogP contribution in [0.25, 0.3) is 0 Å². The zero-order chi connectivity index (χ0) is 9.30. The molecule has 3 unspecified atom stereocenters. The van der Waals surface area contributed by atoms with Crippen LogP contribution >= 0.6 is 0 Å². The van der Waals surface area contributed by atoms with Crippen molar-refractivity contribution in [3.05, 3.63) is 0 Å². The molecule has 1 nitrogen and oxygen atoms in total. The first kappa shape index (κ1) is 10.0. The van der Waals surface area contributed by atoms with Gasteiger partial charge in [0.1, 0.15) is 0 Å². The van der Waals surface area contributed by atoms with Crippen molar-refractivity contribution < 1.29 is 4.74 Å². The van der Waals surface area contributed by atoms with Gasteiger partial charge in [-0.15, -0.1) is 0 Å². The Labute approximate surface area is 76.5 Å². The summed E-state index contributed by atoms with van der Waals surface area (Å²) in [5.41, 5.74) is 0. The second-order valence-electron chi connectivity index (χ2n) is 4.37. The highest BCUT2D eigenvalue weighted by atomic mass is 16.5. The van der Waals surface area contributed by atoms with E-state index in [2.05, 4.69) is 34.6 Å². The summed E-state index contributed by atoms with van der Waals surface area (Å²) in [5, 5.41) is 0. The molecule has 0 N–H and O–H groups in total. The van der Waals surface area contributed by atoms with Crippen LogP contribution in [0.3, 0.4) is 0 Å². The van der Waals surface area contributed by atoms with Crippen LogP contribution in [0.2, 0.25) is 0 Å². The molecule has 0 spiro atoms. The fourth-order valence-electron chi connectivity index (χ4n) is 2.24. The van der Waals surface area contributed by atoms with Crippen LogP contribution in [0.15, 0.2) is 0 Å². The first-order valence-corrected chi connectivity index (χ1v) is 5.23. The minimum Gasteiger partial charge on any atom is -0.375 e. The number of hydrogen-bond acceptors (Lipinski definition) is 1. The Bertz CT molecular complexity index is 139. The van der Waals surface area contributed by atoms with Crippen molar-refractivity contribution in [2.45, 2.75) is 53.2 Å². The van der Waals surface area contributed by atoms with Crippen molar-refractivity contribution in [2.24, 2.45) is 17.8 Å². The second kappa shape index (κ2) is 3.78. The molecule has 0 aromatic heterocycles. The van der Waals surface area contributed by atoms with E-state index in [1.54, 1.807) is 0 Å². The van der Waals surface area contributed by atoms with E-state index in [0.717, 1.165) is 18.3 Å². The van der Waals surface area contributed by atoms with Crippen LogP contribution in [0.5, 0.6) is 0 Å². The van der Waals surface area contributed by atoms with E-state index in [1.807, 2.05) is 0 Å². The quantitative estimate of drug-likeness (QED) is 0.587. The van der Waals surface area contributed by atoms with Crippen LogP contribution in [0.4, 0.5) is 0 Å². The van der Waals surface area contributed by atoms with Gasteiger partial charge in [-0.1, -0.05) is 27.7 Å². The predicted octanol–water partition coefficient (Wildman–Crippen LogP) is 3.09. The summed E-state index contributed by atoms with van der Waals surface area (Å²) in [7, 11) is 0. The summed E-state index contributed by atoms with van der Waals surface area (Å²) < 4.78 is 5.93. The molecule has 0 bridgehead atoms. The molecule has 0 aliphatic carbocycles. The maximum absolute atomic E-state index is 5.93. The lowest BCUT2D eigenvalue weighted by molar-refractivity contribution is -0.125. The van der Waals surface area contributed by atoms with Gasteiger partial charge in [0.25, 0.3) is 0 Å². The van der Waals surface area contributed by atoms with E-state index in [4.69, 9.17) is 4.74 Å². The average molecular weight is 170 g/mol. The predicted molar refractivity (Wildman–Crippen MR) is 52.1 cm³/mol. The van der Waals surface area contributed by atoms with E-state index in [1.165, 1.54) is 0 Å². The molecule has 0 aromatic carbocycles. The monoisotopic (exact) mass is 170 g/mol. The van der Waals surface area contributed by atoms with Crippen LogP contribution in [-0.4, -0.2) is 12.2 Å².